The fraction of sp³-hybridized carbons (Fsp3) is 0.364. The second kappa shape index (κ2) is 11.1. The van der Waals surface area contributed by atoms with Gasteiger partial charge in [0, 0.05) is 24.0 Å². The van der Waals surface area contributed by atoms with Gasteiger partial charge in [0.2, 0.25) is 5.91 Å². The maximum absolute atomic E-state index is 12.6. The molecule has 0 spiro atoms. The molecule has 2 aromatic rings. The van der Waals surface area contributed by atoms with Crippen LogP contribution < -0.4 is 14.8 Å². The Morgan fingerprint density at radius 1 is 1.03 bits per heavy atom. The van der Waals surface area contributed by atoms with Crippen LogP contribution in [0.2, 0.25) is 0 Å². The van der Waals surface area contributed by atoms with Gasteiger partial charge in [0.25, 0.3) is 0 Å². The summed E-state index contributed by atoms with van der Waals surface area (Å²) in [6.07, 6.45) is 1.31. The van der Waals surface area contributed by atoms with Crippen LogP contribution >= 0.6 is 0 Å². The first-order valence-electron chi connectivity index (χ1n) is 9.45. The van der Waals surface area contributed by atoms with Gasteiger partial charge < -0.3 is 14.8 Å². The number of amides is 1. The van der Waals surface area contributed by atoms with E-state index in [0.717, 1.165) is 0 Å². The van der Waals surface area contributed by atoms with Crippen molar-refractivity contribution in [3.05, 3.63) is 59.7 Å². The molecule has 0 aliphatic carbocycles. The summed E-state index contributed by atoms with van der Waals surface area (Å²) in [5.74, 6) is 0.418. The molecule has 0 saturated carbocycles. The molecule has 0 aromatic heterocycles. The van der Waals surface area contributed by atoms with Crippen molar-refractivity contribution >= 4 is 11.7 Å². The average Bonchev–Trinajstić information content (AvgIpc) is 2.72. The number of benzene rings is 2. The van der Waals surface area contributed by atoms with Crippen molar-refractivity contribution in [2.75, 3.05) is 7.11 Å². The van der Waals surface area contributed by atoms with E-state index in [9.17, 15) is 18.4 Å². The van der Waals surface area contributed by atoms with E-state index in [-0.39, 0.29) is 30.3 Å². The molecule has 0 fully saturated rings. The number of ether oxygens (including phenoxy) is 2. The van der Waals surface area contributed by atoms with Gasteiger partial charge in [-0.25, -0.2) is 0 Å². The van der Waals surface area contributed by atoms with Gasteiger partial charge in [-0.2, -0.15) is 8.78 Å². The third kappa shape index (κ3) is 6.85. The molecule has 0 radical (unpaired) electrons. The Bertz CT molecular complexity index is 809. The SMILES string of the molecule is CCC(NC(=O)CCCC(=O)c1ccc(OC)cc1)c1ccccc1OC(F)F. The van der Waals surface area contributed by atoms with E-state index in [1.165, 1.54) is 6.07 Å². The standard InChI is InChI=1S/C22H25F2NO4/c1-3-18(17-7-4-5-9-20(17)29-22(23)24)25-21(27)10-6-8-19(26)15-11-13-16(28-2)14-12-15/h4-5,7,9,11-14,18,22H,3,6,8,10H2,1-2H3,(H,25,27). The van der Waals surface area contributed by atoms with Gasteiger partial charge in [-0.15, -0.1) is 0 Å². The number of rotatable bonds is 11. The fourth-order valence-corrected chi connectivity index (χ4v) is 2.97. The molecule has 0 bridgehead atoms. The Morgan fingerprint density at radius 2 is 1.72 bits per heavy atom. The van der Waals surface area contributed by atoms with Crippen LogP contribution in [0.3, 0.4) is 0 Å². The van der Waals surface area contributed by atoms with Crippen LogP contribution in [-0.2, 0) is 4.79 Å². The number of alkyl halides is 2. The van der Waals surface area contributed by atoms with E-state index in [1.54, 1.807) is 49.6 Å². The summed E-state index contributed by atoms with van der Waals surface area (Å²) in [5, 5.41) is 2.83. The summed E-state index contributed by atoms with van der Waals surface area (Å²) in [6, 6.07) is 12.8. The maximum Gasteiger partial charge on any atom is 0.387 e. The zero-order chi connectivity index (χ0) is 21.2. The van der Waals surface area contributed by atoms with Gasteiger partial charge in [0.15, 0.2) is 5.78 Å². The molecule has 29 heavy (non-hydrogen) atoms. The average molecular weight is 405 g/mol. The van der Waals surface area contributed by atoms with Gasteiger partial charge in [0.05, 0.1) is 13.2 Å². The van der Waals surface area contributed by atoms with Crippen LogP contribution in [0.25, 0.3) is 0 Å². The second-order valence-corrected chi connectivity index (χ2v) is 6.45. The lowest BCUT2D eigenvalue weighted by atomic mass is 10.0. The quantitative estimate of drug-likeness (QED) is 0.539. The monoisotopic (exact) mass is 405 g/mol. The molecule has 2 aromatic carbocycles. The molecule has 7 heteroatoms. The summed E-state index contributed by atoms with van der Waals surface area (Å²) in [7, 11) is 1.55. The van der Waals surface area contributed by atoms with Crippen molar-refractivity contribution in [3.8, 4) is 11.5 Å². The van der Waals surface area contributed by atoms with Crippen molar-refractivity contribution in [1.29, 1.82) is 0 Å². The van der Waals surface area contributed by atoms with Crippen LogP contribution in [0, 0.1) is 0 Å². The molecule has 2 rings (SSSR count). The van der Waals surface area contributed by atoms with E-state index in [2.05, 4.69) is 10.1 Å². The lowest BCUT2D eigenvalue weighted by Crippen LogP contribution is -2.28. The highest BCUT2D eigenvalue weighted by Gasteiger charge is 2.19. The summed E-state index contributed by atoms with van der Waals surface area (Å²) in [6.45, 7) is -1.09. The van der Waals surface area contributed by atoms with E-state index in [4.69, 9.17) is 4.74 Å². The fourth-order valence-electron chi connectivity index (χ4n) is 2.97. The first kappa shape index (κ1) is 22.3. The lowest BCUT2D eigenvalue weighted by Gasteiger charge is -2.20. The van der Waals surface area contributed by atoms with Crippen LogP contribution in [0.5, 0.6) is 11.5 Å². The number of carbonyl (C=O) groups excluding carboxylic acids is 2. The maximum atomic E-state index is 12.6. The highest BCUT2D eigenvalue weighted by molar-refractivity contribution is 5.96. The topological polar surface area (TPSA) is 64.6 Å². The number of hydrogen-bond donors (Lipinski definition) is 1. The van der Waals surface area contributed by atoms with Crippen molar-refractivity contribution < 1.29 is 27.8 Å². The molecular formula is C22H25F2NO4. The van der Waals surface area contributed by atoms with Gasteiger partial charge in [-0.3, -0.25) is 9.59 Å². The first-order chi connectivity index (χ1) is 13.9. The number of ketones is 1. The molecule has 0 aliphatic rings. The zero-order valence-electron chi connectivity index (χ0n) is 16.5. The smallest absolute Gasteiger partial charge is 0.387 e. The number of carbonyl (C=O) groups is 2. The molecule has 156 valence electrons. The first-order valence-corrected chi connectivity index (χ1v) is 9.45. The molecule has 1 atom stereocenters. The predicted molar refractivity (Wildman–Crippen MR) is 105 cm³/mol. The number of methoxy groups -OCH3 is 1. The third-order valence-electron chi connectivity index (χ3n) is 4.47. The number of hydrogen-bond acceptors (Lipinski definition) is 4. The number of halogens is 2. The molecule has 0 heterocycles. The molecule has 1 amide bonds. The number of nitrogens with one attached hydrogen (secondary N) is 1. The zero-order valence-corrected chi connectivity index (χ0v) is 16.5. The Hall–Kier alpha value is -2.96. The van der Waals surface area contributed by atoms with Gasteiger partial charge in [-0.1, -0.05) is 25.1 Å². The molecule has 1 unspecified atom stereocenters. The summed E-state index contributed by atoms with van der Waals surface area (Å²) in [4.78, 5) is 24.5. The third-order valence-corrected chi connectivity index (χ3v) is 4.47. The van der Waals surface area contributed by atoms with Crippen molar-refractivity contribution in [2.45, 2.75) is 45.3 Å². The molecule has 1 N–H and O–H groups in total. The van der Waals surface area contributed by atoms with Crippen molar-refractivity contribution in [2.24, 2.45) is 0 Å². The minimum Gasteiger partial charge on any atom is -0.497 e. The largest absolute Gasteiger partial charge is 0.497 e. The Labute approximate surface area is 169 Å². The van der Waals surface area contributed by atoms with Crippen molar-refractivity contribution in [1.82, 2.24) is 5.32 Å². The predicted octanol–water partition coefficient (Wildman–Crippen LogP) is 4.92. The number of Topliss-reactive ketones (excluding diaryl/α,β-unsaturated/α-hetero) is 1. The Balaban J connectivity index is 1.88. The Morgan fingerprint density at radius 3 is 2.34 bits per heavy atom. The van der Waals surface area contributed by atoms with E-state index < -0.39 is 12.7 Å². The minimum absolute atomic E-state index is 0.0457. The number of para-hydroxylation sites is 1. The van der Waals surface area contributed by atoms with Gasteiger partial charge in [-0.05, 0) is 43.2 Å². The van der Waals surface area contributed by atoms with Crippen LogP contribution in [0.15, 0.2) is 48.5 Å². The van der Waals surface area contributed by atoms with Crippen molar-refractivity contribution in [3.63, 3.8) is 0 Å². The molecule has 5 nitrogen and oxygen atoms in total. The second-order valence-electron chi connectivity index (χ2n) is 6.45. The van der Waals surface area contributed by atoms with Gasteiger partial charge in [0.1, 0.15) is 11.5 Å². The van der Waals surface area contributed by atoms with E-state index in [1.807, 2.05) is 6.92 Å². The van der Waals surface area contributed by atoms with Crippen LogP contribution in [-0.4, -0.2) is 25.4 Å². The normalized spacial score (nSPS) is 11.8. The van der Waals surface area contributed by atoms with Gasteiger partial charge >= 0.3 is 6.61 Å². The Kier molecular flexibility index (Phi) is 8.58. The van der Waals surface area contributed by atoms with Crippen LogP contribution in [0.4, 0.5) is 8.78 Å². The summed E-state index contributed by atoms with van der Waals surface area (Å²) in [5.41, 5.74) is 1.06. The lowest BCUT2D eigenvalue weighted by molar-refractivity contribution is -0.121. The molecule has 0 aliphatic heterocycles. The highest BCUT2D eigenvalue weighted by atomic mass is 19.3. The molecule has 0 saturated heterocycles. The highest BCUT2D eigenvalue weighted by Crippen LogP contribution is 2.28. The molecular weight excluding hydrogens is 380 g/mol. The van der Waals surface area contributed by atoms with Crippen LogP contribution in [0.1, 0.15) is 54.6 Å². The minimum atomic E-state index is -2.94. The summed E-state index contributed by atoms with van der Waals surface area (Å²) < 4.78 is 34.8. The summed E-state index contributed by atoms with van der Waals surface area (Å²) >= 11 is 0. The van der Waals surface area contributed by atoms with E-state index >= 15 is 0 Å². The van der Waals surface area contributed by atoms with E-state index in [0.29, 0.717) is 29.7 Å².